The van der Waals surface area contributed by atoms with Crippen LogP contribution in [0.4, 0.5) is 0 Å². The molecule has 1 saturated carbocycles. The highest BCUT2D eigenvalue weighted by Crippen LogP contribution is 2.28. The van der Waals surface area contributed by atoms with Gasteiger partial charge in [0.05, 0.1) is 18.6 Å². The molecule has 76 valence electrons. The van der Waals surface area contributed by atoms with Gasteiger partial charge in [0.1, 0.15) is 0 Å². The van der Waals surface area contributed by atoms with Crippen LogP contribution in [0.1, 0.15) is 31.4 Å². The van der Waals surface area contributed by atoms with Crippen molar-refractivity contribution in [1.29, 1.82) is 0 Å². The molecule has 0 aromatic carbocycles. The van der Waals surface area contributed by atoms with Gasteiger partial charge in [0.25, 0.3) is 0 Å². The highest BCUT2D eigenvalue weighted by molar-refractivity contribution is 5.76. The van der Waals surface area contributed by atoms with Crippen LogP contribution in [0.5, 0.6) is 0 Å². The Morgan fingerprint density at radius 3 is 3.07 bits per heavy atom. The molecule has 4 heteroatoms. The van der Waals surface area contributed by atoms with Gasteiger partial charge in [0.2, 0.25) is 5.91 Å². The highest BCUT2D eigenvalue weighted by Gasteiger charge is 2.20. The SMILES string of the molecule is O=C(CC1CCC1)NCc1cnc[nH]1. The lowest BCUT2D eigenvalue weighted by Gasteiger charge is -2.24. The summed E-state index contributed by atoms with van der Waals surface area (Å²) in [5, 5.41) is 2.87. The fraction of sp³-hybridized carbons (Fsp3) is 0.600. The molecule has 1 fully saturated rings. The van der Waals surface area contributed by atoms with Crippen LogP contribution in [0.2, 0.25) is 0 Å². The van der Waals surface area contributed by atoms with Crippen molar-refractivity contribution in [3.63, 3.8) is 0 Å². The zero-order valence-electron chi connectivity index (χ0n) is 8.12. The van der Waals surface area contributed by atoms with Crippen molar-refractivity contribution in [2.75, 3.05) is 0 Å². The summed E-state index contributed by atoms with van der Waals surface area (Å²) >= 11 is 0. The molecule has 0 bridgehead atoms. The summed E-state index contributed by atoms with van der Waals surface area (Å²) in [7, 11) is 0. The lowest BCUT2D eigenvalue weighted by Crippen LogP contribution is -2.27. The number of aromatic amines is 1. The van der Waals surface area contributed by atoms with E-state index in [0.29, 0.717) is 18.9 Å². The highest BCUT2D eigenvalue weighted by atomic mass is 16.1. The Morgan fingerprint density at radius 2 is 2.50 bits per heavy atom. The van der Waals surface area contributed by atoms with E-state index in [0.717, 1.165) is 5.69 Å². The summed E-state index contributed by atoms with van der Waals surface area (Å²) in [5.41, 5.74) is 0.951. The number of nitrogens with zero attached hydrogens (tertiary/aromatic N) is 1. The lowest BCUT2D eigenvalue weighted by molar-refractivity contribution is -0.122. The average Bonchev–Trinajstić information content (AvgIpc) is 2.60. The van der Waals surface area contributed by atoms with Crippen LogP contribution in [-0.4, -0.2) is 15.9 Å². The van der Waals surface area contributed by atoms with E-state index >= 15 is 0 Å². The molecule has 1 aromatic heterocycles. The summed E-state index contributed by atoms with van der Waals surface area (Å²) in [6, 6.07) is 0. The van der Waals surface area contributed by atoms with Gasteiger partial charge in [-0.05, 0) is 18.8 Å². The van der Waals surface area contributed by atoms with Crippen molar-refractivity contribution in [2.24, 2.45) is 5.92 Å². The summed E-state index contributed by atoms with van der Waals surface area (Å²) in [4.78, 5) is 18.2. The number of hydrogen-bond acceptors (Lipinski definition) is 2. The second kappa shape index (κ2) is 4.26. The minimum absolute atomic E-state index is 0.157. The number of amides is 1. The van der Waals surface area contributed by atoms with E-state index in [9.17, 15) is 4.79 Å². The van der Waals surface area contributed by atoms with Gasteiger partial charge < -0.3 is 10.3 Å². The molecular formula is C10H15N3O. The third kappa shape index (κ3) is 2.34. The molecule has 4 nitrogen and oxygen atoms in total. The molecule has 0 saturated heterocycles. The Kier molecular flexibility index (Phi) is 2.81. The minimum Gasteiger partial charge on any atom is -0.350 e. The Hall–Kier alpha value is -1.32. The van der Waals surface area contributed by atoms with Gasteiger partial charge in [-0.15, -0.1) is 0 Å². The quantitative estimate of drug-likeness (QED) is 0.755. The van der Waals surface area contributed by atoms with Crippen LogP contribution < -0.4 is 5.32 Å². The van der Waals surface area contributed by atoms with E-state index in [1.165, 1.54) is 19.3 Å². The van der Waals surface area contributed by atoms with Gasteiger partial charge in [-0.1, -0.05) is 6.42 Å². The number of nitrogens with one attached hydrogen (secondary N) is 2. The van der Waals surface area contributed by atoms with E-state index in [1.807, 2.05) is 0 Å². The normalized spacial score (nSPS) is 16.3. The molecule has 1 aromatic rings. The monoisotopic (exact) mass is 193 g/mol. The second-order valence-corrected chi connectivity index (χ2v) is 3.85. The van der Waals surface area contributed by atoms with Crippen LogP contribution >= 0.6 is 0 Å². The van der Waals surface area contributed by atoms with Crippen LogP contribution in [0.25, 0.3) is 0 Å². The lowest BCUT2D eigenvalue weighted by atomic mass is 9.83. The predicted octanol–water partition coefficient (Wildman–Crippen LogP) is 1.22. The molecular weight excluding hydrogens is 178 g/mol. The first-order valence-corrected chi connectivity index (χ1v) is 5.08. The Balaban J connectivity index is 1.67. The smallest absolute Gasteiger partial charge is 0.220 e. The van der Waals surface area contributed by atoms with Crippen molar-refractivity contribution in [3.05, 3.63) is 18.2 Å². The van der Waals surface area contributed by atoms with E-state index in [4.69, 9.17) is 0 Å². The third-order valence-electron chi connectivity index (χ3n) is 2.73. The first-order chi connectivity index (χ1) is 6.84. The molecule has 14 heavy (non-hydrogen) atoms. The molecule has 0 spiro atoms. The number of imidazole rings is 1. The maximum atomic E-state index is 11.4. The topological polar surface area (TPSA) is 57.8 Å². The Morgan fingerprint density at radius 1 is 1.64 bits per heavy atom. The van der Waals surface area contributed by atoms with Crippen molar-refractivity contribution in [3.8, 4) is 0 Å². The maximum absolute atomic E-state index is 11.4. The van der Waals surface area contributed by atoms with Crippen LogP contribution in [-0.2, 0) is 11.3 Å². The van der Waals surface area contributed by atoms with Crippen molar-refractivity contribution in [2.45, 2.75) is 32.2 Å². The molecule has 0 atom stereocenters. The third-order valence-corrected chi connectivity index (χ3v) is 2.73. The molecule has 1 amide bonds. The van der Waals surface area contributed by atoms with Gasteiger partial charge in [-0.3, -0.25) is 4.79 Å². The number of carbonyl (C=O) groups excluding carboxylic acids is 1. The van der Waals surface area contributed by atoms with Crippen LogP contribution in [0, 0.1) is 5.92 Å². The molecule has 1 aliphatic carbocycles. The number of aromatic nitrogens is 2. The molecule has 2 N–H and O–H groups in total. The second-order valence-electron chi connectivity index (χ2n) is 3.85. The molecule has 0 unspecified atom stereocenters. The van der Waals surface area contributed by atoms with Gasteiger partial charge >= 0.3 is 0 Å². The summed E-state index contributed by atoms with van der Waals surface area (Å²) < 4.78 is 0. The molecule has 1 heterocycles. The molecule has 2 rings (SSSR count). The summed E-state index contributed by atoms with van der Waals surface area (Å²) in [6.45, 7) is 0.561. The maximum Gasteiger partial charge on any atom is 0.220 e. The zero-order chi connectivity index (χ0) is 9.80. The fourth-order valence-corrected chi connectivity index (χ4v) is 1.61. The number of H-pyrrole nitrogens is 1. The average molecular weight is 193 g/mol. The van der Waals surface area contributed by atoms with Crippen molar-refractivity contribution >= 4 is 5.91 Å². The fourth-order valence-electron chi connectivity index (χ4n) is 1.61. The van der Waals surface area contributed by atoms with Gasteiger partial charge in [0, 0.05) is 12.6 Å². The van der Waals surface area contributed by atoms with Crippen molar-refractivity contribution in [1.82, 2.24) is 15.3 Å². The predicted molar refractivity (Wildman–Crippen MR) is 52.4 cm³/mol. The Labute approximate surface area is 83.1 Å². The minimum atomic E-state index is 0.157. The molecule has 1 aliphatic rings. The van der Waals surface area contributed by atoms with Gasteiger partial charge in [-0.2, -0.15) is 0 Å². The van der Waals surface area contributed by atoms with Gasteiger partial charge in [-0.25, -0.2) is 4.98 Å². The van der Waals surface area contributed by atoms with Crippen molar-refractivity contribution < 1.29 is 4.79 Å². The number of hydrogen-bond donors (Lipinski definition) is 2. The van der Waals surface area contributed by atoms with Gasteiger partial charge in [0.15, 0.2) is 0 Å². The molecule has 0 radical (unpaired) electrons. The largest absolute Gasteiger partial charge is 0.350 e. The summed E-state index contributed by atoms with van der Waals surface area (Å²) in [6.07, 6.45) is 7.76. The van der Waals surface area contributed by atoms with E-state index in [-0.39, 0.29) is 5.91 Å². The zero-order valence-corrected chi connectivity index (χ0v) is 8.12. The van der Waals surface area contributed by atoms with E-state index in [1.54, 1.807) is 12.5 Å². The summed E-state index contributed by atoms with van der Waals surface area (Å²) in [5.74, 6) is 0.793. The van der Waals surface area contributed by atoms with E-state index < -0.39 is 0 Å². The Bertz CT molecular complexity index is 290. The molecule has 0 aliphatic heterocycles. The van der Waals surface area contributed by atoms with E-state index in [2.05, 4.69) is 15.3 Å². The first kappa shape index (κ1) is 9.24. The first-order valence-electron chi connectivity index (χ1n) is 5.08. The number of rotatable bonds is 4. The number of carbonyl (C=O) groups is 1. The van der Waals surface area contributed by atoms with Crippen LogP contribution in [0.3, 0.4) is 0 Å². The standard InChI is InChI=1S/C10H15N3O/c14-10(4-8-2-1-3-8)12-6-9-5-11-7-13-9/h5,7-8H,1-4,6H2,(H,11,13)(H,12,14). The van der Waals surface area contributed by atoms with Crippen LogP contribution in [0.15, 0.2) is 12.5 Å².